The summed E-state index contributed by atoms with van der Waals surface area (Å²) in [5.41, 5.74) is 0.644. The van der Waals surface area contributed by atoms with Gasteiger partial charge in [-0.05, 0) is 30.2 Å². The Hall–Kier alpha value is -1.17. The summed E-state index contributed by atoms with van der Waals surface area (Å²) >= 11 is 3.38. The minimum absolute atomic E-state index is 0.336. The maximum atomic E-state index is 11.6. The molecule has 3 rings (SSSR count). The van der Waals surface area contributed by atoms with Gasteiger partial charge in [0, 0.05) is 35.6 Å². The van der Waals surface area contributed by atoms with E-state index in [0.29, 0.717) is 25.2 Å². The molecule has 0 unspecified atom stereocenters. The molecule has 4 nitrogen and oxygen atoms in total. The van der Waals surface area contributed by atoms with Gasteiger partial charge in [-0.25, -0.2) is 4.79 Å². The van der Waals surface area contributed by atoms with E-state index in [0.717, 1.165) is 21.8 Å². The zero-order valence-electron chi connectivity index (χ0n) is 11.2. The highest BCUT2D eigenvalue weighted by molar-refractivity contribution is 9.10. The number of nitrogens with zero attached hydrogens (tertiary/aromatic N) is 1. The van der Waals surface area contributed by atoms with E-state index in [2.05, 4.69) is 20.8 Å². The molecule has 0 aliphatic carbocycles. The molecular formula is C15H16BrNO3. The molecule has 0 saturated carbocycles. The monoisotopic (exact) mass is 337 g/mol. The molecule has 2 heterocycles. The Morgan fingerprint density at radius 2 is 2.15 bits per heavy atom. The van der Waals surface area contributed by atoms with Crippen LogP contribution >= 0.6 is 15.9 Å². The summed E-state index contributed by atoms with van der Waals surface area (Å²) in [5, 5.41) is 11.0. The second-order valence-electron chi connectivity index (χ2n) is 5.45. The summed E-state index contributed by atoms with van der Waals surface area (Å²) in [7, 11) is 0. The first kappa shape index (κ1) is 13.8. The second kappa shape index (κ2) is 4.98. The normalized spacial score (nSPS) is 18.1. The van der Waals surface area contributed by atoms with Crippen molar-refractivity contribution in [2.24, 2.45) is 0 Å². The first-order valence-electron chi connectivity index (χ1n) is 6.66. The number of rotatable bonds is 3. The van der Waals surface area contributed by atoms with Crippen LogP contribution in [0.15, 0.2) is 37.9 Å². The van der Waals surface area contributed by atoms with E-state index in [1.807, 2.05) is 19.1 Å². The van der Waals surface area contributed by atoms with E-state index in [1.165, 1.54) is 0 Å². The Bertz CT molecular complexity index is 704. The van der Waals surface area contributed by atoms with Crippen LogP contribution in [-0.2, 0) is 6.54 Å². The molecule has 0 amide bonds. The lowest BCUT2D eigenvalue weighted by molar-refractivity contribution is -0.103. The molecule has 20 heavy (non-hydrogen) atoms. The number of hydrogen-bond acceptors (Lipinski definition) is 4. The van der Waals surface area contributed by atoms with Crippen LogP contribution in [0.4, 0.5) is 0 Å². The smallest absolute Gasteiger partial charge is 0.336 e. The standard InChI is InChI=1S/C15H16BrNO3/c1-2-15(19)8-17(9-15)7-10-5-14(18)20-13-6-11(16)3-4-12(10)13/h3-6,19H,2,7-9H2,1H3. The van der Waals surface area contributed by atoms with Crippen molar-refractivity contribution < 1.29 is 9.52 Å². The van der Waals surface area contributed by atoms with E-state index in [9.17, 15) is 9.90 Å². The average molecular weight is 338 g/mol. The zero-order chi connectivity index (χ0) is 14.3. The predicted octanol–water partition coefficient (Wildman–Crippen LogP) is 2.51. The van der Waals surface area contributed by atoms with Crippen LogP contribution in [0.5, 0.6) is 0 Å². The van der Waals surface area contributed by atoms with Gasteiger partial charge in [0.25, 0.3) is 0 Å². The van der Waals surface area contributed by atoms with Crippen molar-refractivity contribution in [3.63, 3.8) is 0 Å². The minimum Gasteiger partial charge on any atom is -0.423 e. The Morgan fingerprint density at radius 1 is 1.40 bits per heavy atom. The van der Waals surface area contributed by atoms with Gasteiger partial charge in [0.2, 0.25) is 0 Å². The number of halogens is 1. The van der Waals surface area contributed by atoms with E-state index in [1.54, 1.807) is 12.1 Å². The molecule has 1 aliphatic rings. The summed E-state index contributed by atoms with van der Waals surface area (Å²) in [6.45, 7) is 3.96. The molecule has 0 spiro atoms. The predicted molar refractivity (Wildman–Crippen MR) is 80.7 cm³/mol. The Labute approximate surface area is 125 Å². The van der Waals surface area contributed by atoms with Crippen LogP contribution in [0.25, 0.3) is 11.0 Å². The highest BCUT2D eigenvalue weighted by Gasteiger charge is 2.39. The van der Waals surface area contributed by atoms with Gasteiger partial charge in [0.1, 0.15) is 5.58 Å². The Balaban J connectivity index is 1.90. The third-order valence-corrected chi connectivity index (χ3v) is 4.37. The summed E-state index contributed by atoms with van der Waals surface area (Å²) in [4.78, 5) is 13.8. The van der Waals surface area contributed by atoms with Crippen LogP contribution in [0.2, 0.25) is 0 Å². The first-order valence-corrected chi connectivity index (χ1v) is 7.45. The van der Waals surface area contributed by atoms with Gasteiger partial charge in [-0.15, -0.1) is 0 Å². The number of aliphatic hydroxyl groups is 1. The maximum absolute atomic E-state index is 11.6. The molecule has 1 N–H and O–H groups in total. The van der Waals surface area contributed by atoms with Gasteiger partial charge in [-0.1, -0.05) is 22.9 Å². The van der Waals surface area contributed by atoms with Gasteiger partial charge in [-0.3, -0.25) is 4.90 Å². The molecule has 2 aromatic rings. The van der Waals surface area contributed by atoms with Crippen molar-refractivity contribution in [1.82, 2.24) is 4.90 Å². The zero-order valence-corrected chi connectivity index (χ0v) is 12.8. The van der Waals surface area contributed by atoms with Gasteiger partial charge in [-0.2, -0.15) is 0 Å². The number of fused-ring (bicyclic) bond motifs is 1. The van der Waals surface area contributed by atoms with E-state index < -0.39 is 5.60 Å². The maximum Gasteiger partial charge on any atom is 0.336 e. The quantitative estimate of drug-likeness (QED) is 0.874. The molecule has 0 bridgehead atoms. The number of likely N-dealkylation sites (tertiary alicyclic amines) is 1. The van der Waals surface area contributed by atoms with Gasteiger partial charge >= 0.3 is 5.63 Å². The number of benzene rings is 1. The van der Waals surface area contributed by atoms with Crippen molar-refractivity contribution in [1.29, 1.82) is 0 Å². The molecule has 1 fully saturated rings. The lowest BCUT2D eigenvalue weighted by atomic mass is 9.91. The second-order valence-corrected chi connectivity index (χ2v) is 6.37. The molecule has 0 atom stereocenters. The molecule has 1 saturated heterocycles. The molecule has 1 aromatic carbocycles. The Morgan fingerprint density at radius 3 is 2.85 bits per heavy atom. The molecular weight excluding hydrogens is 322 g/mol. The van der Waals surface area contributed by atoms with Crippen LogP contribution < -0.4 is 5.63 Å². The third-order valence-electron chi connectivity index (χ3n) is 3.88. The van der Waals surface area contributed by atoms with E-state index in [-0.39, 0.29) is 5.63 Å². The average Bonchev–Trinajstić information content (AvgIpc) is 2.35. The summed E-state index contributed by atoms with van der Waals surface area (Å²) in [6.07, 6.45) is 0.758. The number of hydrogen-bond donors (Lipinski definition) is 1. The minimum atomic E-state index is -0.557. The highest BCUT2D eigenvalue weighted by Crippen LogP contribution is 2.28. The van der Waals surface area contributed by atoms with Gasteiger partial charge in [0.05, 0.1) is 5.60 Å². The van der Waals surface area contributed by atoms with Crippen molar-refractivity contribution in [3.05, 3.63) is 44.7 Å². The van der Waals surface area contributed by atoms with Crippen LogP contribution in [0, 0.1) is 0 Å². The lowest BCUT2D eigenvalue weighted by Crippen LogP contribution is -2.60. The molecule has 106 valence electrons. The first-order chi connectivity index (χ1) is 9.49. The molecule has 1 aromatic heterocycles. The molecule has 0 radical (unpaired) electrons. The van der Waals surface area contributed by atoms with Gasteiger partial charge < -0.3 is 9.52 Å². The third kappa shape index (κ3) is 2.53. The molecule has 1 aliphatic heterocycles. The van der Waals surface area contributed by atoms with Crippen LogP contribution in [-0.4, -0.2) is 28.7 Å². The van der Waals surface area contributed by atoms with Crippen molar-refractivity contribution >= 4 is 26.9 Å². The summed E-state index contributed by atoms with van der Waals surface area (Å²) in [6, 6.07) is 7.23. The van der Waals surface area contributed by atoms with Crippen molar-refractivity contribution in [3.8, 4) is 0 Å². The topological polar surface area (TPSA) is 53.7 Å². The Kier molecular flexibility index (Phi) is 3.44. The summed E-state index contributed by atoms with van der Waals surface area (Å²) in [5.74, 6) is 0. The highest BCUT2D eigenvalue weighted by atomic mass is 79.9. The SMILES string of the molecule is CCC1(O)CN(Cc2cc(=O)oc3cc(Br)ccc23)C1. The fourth-order valence-electron chi connectivity index (χ4n) is 2.70. The van der Waals surface area contributed by atoms with Crippen LogP contribution in [0.1, 0.15) is 18.9 Å². The fraction of sp³-hybridized carbons (Fsp3) is 0.400. The largest absolute Gasteiger partial charge is 0.423 e. The van der Waals surface area contributed by atoms with E-state index in [4.69, 9.17) is 4.42 Å². The van der Waals surface area contributed by atoms with Gasteiger partial charge in [0.15, 0.2) is 0 Å². The van der Waals surface area contributed by atoms with Crippen LogP contribution in [0.3, 0.4) is 0 Å². The summed E-state index contributed by atoms with van der Waals surface area (Å²) < 4.78 is 6.11. The fourth-order valence-corrected chi connectivity index (χ4v) is 3.04. The van der Waals surface area contributed by atoms with Crippen molar-refractivity contribution in [2.45, 2.75) is 25.5 Å². The van der Waals surface area contributed by atoms with Crippen molar-refractivity contribution in [2.75, 3.05) is 13.1 Å². The lowest BCUT2D eigenvalue weighted by Gasteiger charge is -2.46. The van der Waals surface area contributed by atoms with E-state index >= 15 is 0 Å². The number of β-amino-alcohol motifs (C(OH)–C–C–N with tert-alkyl or cyclic N) is 1. The molecule has 5 heteroatoms.